The van der Waals surface area contributed by atoms with Gasteiger partial charge in [0.25, 0.3) is 0 Å². The molecule has 4 heteroatoms. The van der Waals surface area contributed by atoms with E-state index in [0.717, 1.165) is 19.3 Å². The molecule has 2 aliphatic carbocycles. The fraction of sp³-hybridized carbons (Fsp3) is 0.600. The van der Waals surface area contributed by atoms with Crippen LogP contribution >= 0.6 is 11.6 Å². The Kier molecular flexibility index (Phi) is 3.32. The van der Waals surface area contributed by atoms with Crippen molar-refractivity contribution in [2.24, 2.45) is 23.0 Å². The molecule has 2 aliphatic rings. The van der Waals surface area contributed by atoms with E-state index in [0.29, 0.717) is 29.0 Å². The van der Waals surface area contributed by atoms with Crippen molar-refractivity contribution >= 4 is 11.6 Å². The molecule has 0 spiro atoms. The summed E-state index contributed by atoms with van der Waals surface area (Å²) in [6.07, 6.45) is 3.49. The van der Waals surface area contributed by atoms with E-state index >= 15 is 0 Å². The molecule has 104 valence electrons. The van der Waals surface area contributed by atoms with Crippen molar-refractivity contribution < 1.29 is 9.50 Å². The van der Waals surface area contributed by atoms with Gasteiger partial charge in [0.2, 0.25) is 0 Å². The minimum Gasteiger partial charge on any atom is -0.388 e. The second kappa shape index (κ2) is 4.72. The van der Waals surface area contributed by atoms with Gasteiger partial charge in [0, 0.05) is 22.5 Å². The number of fused-ring (bicyclic) bond motifs is 2. The van der Waals surface area contributed by atoms with Gasteiger partial charge in [0.1, 0.15) is 5.82 Å². The summed E-state index contributed by atoms with van der Waals surface area (Å²) in [5, 5.41) is 11.2. The first-order valence-electron chi connectivity index (χ1n) is 6.90. The van der Waals surface area contributed by atoms with Gasteiger partial charge in [-0.3, -0.25) is 0 Å². The Hall–Kier alpha value is -0.640. The van der Waals surface area contributed by atoms with E-state index in [2.05, 4.69) is 0 Å². The third kappa shape index (κ3) is 1.99. The summed E-state index contributed by atoms with van der Waals surface area (Å²) >= 11 is 5.93. The van der Waals surface area contributed by atoms with E-state index in [9.17, 15) is 9.50 Å². The van der Waals surface area contributed by atoms with E-state index in [1.165, 1.54) is 24.6 Å². The van der Waals surface area contributed by atoms with Crippen LogP contribution in [0, 0.1) is 23.1 Å². The minimum atomic E-state index is -0.855. The maximum absolute atomic E-state index is 14.0. The van der Waals surface area contributed by atoms with Gasteiger partial charge in [-0.15, -0.1) is 0 Å². The number of hydrogen-bond donors (Lipinski definition) is 2. The average Bonchev–Trinajstić information content (AvgIpc) is 3.01. The van der Waals surface area contributed by atoms with Gasteiger partial charge >= 0.3 is 0 Å². The van der Waals surface area contributed by atoms with Crippen LogP contribution in [0.4, 0.5) is 4.39 Å². The highest BCUT2D eigenvalue weighted by Crippen LogP contribution is 2.60. The molecular weight excluding hydrogens is 265 g/mol. The Labute approximate surface area is 117 Å². The van der Waals surface area contributed by atoms with Gasteiger partial charge in [0.05, 0.1) is 6.10 Å². The SMILES string of the molecule is NCC1(C(O)c2cc(Cl)ccc2F)CC2CCC1C2. The van der Waals surface area contributed by atoms with Crippen molar-refractivity contribution in [3.63, 3.8) is 0 Å². The van der Waals surface area contributed by atoms with Crippen molar-refractivity contribution in [2.45, 2.75) is 31.8 Å². The molecule has 0 heterocycles. The van der Waals surface area contributed by atoms with E-state index in [1.54, 1.807) is 0 Å². The summed E-state index contributed by atoms with van der Waals surface area (Å²) in [5.74, 6) is 0.661. The highest BCUT2D eigenvalue weighted by molar-refractivity contribution is 6.30. The van der Waals surface area contributed by atoms with Gasteiger partial charge in [-0.25, -0.2) is 4.39 Å². The standard InChI is InChI=1S/C15H19ClFNO/c16-11-3-4-13(17)12(6-11)14(19)15(8-18)7-9-1-2-10(15)5-9/h3-4,6,9-10,14,19H,1-2,5,7-8,18H2. The molecule has 2 fully saturated rings. The largest absolute Gasteiger partial charge is 0.388 e. The lowest BCUT2D eigenvalue weighted by Crippen LogP contribution is -2.41. The van der Waals surface area contributed by atoms with Crippen LogP contribution in [-0.2, 0) is 0 Å². The van der Waals surface area contributed by atoms with Gasteiger partial charge in [-0.1, -0.05) is 18.0 Å². The monoisotopic (exact) mass is 283 g/mol. The zero-order valence-electron chi connectivity index (χ0n) is 10.8. The Balaban J connectivity index is 1.98. The Bertz CT molecular complexity index is 495. The molecule has 3 N–H and O–H groups in total. The number of aliphatic hydroxyl groups is 1. The molecule has 2 nitrogen and oxygen atoms in total. The molecule has 0 aromatic heterocycles. The number of nitrogens with two attached hydrogens (primary N) is 1. The third-order valence-electron chi connectivity index (χ3n) is 5.20. The molecule has 0 aliphatic heterocycles. The van der Waals surface area contributed by atoms with Crippen molar-refractivity contribution in [1.82, 2.24) is 0 Å². The molecular formula is C15H19ClFNO. The Morgan fingerprint density at radius 2 is 2.26 bits per heavy atom. The molecule has 0 radical (unpaired) electrons. The number of rotatable bonds is 3. The molecule has 4 unspecified atom stereocenters. The second-order valence-corrected chi connectivity index (χ2v) is 6.52. The summed E-state index contributed by atoms with van der Waals surface area (Å²) in [7, 11) is 0. The molecule has 3 rings (SSSR count). The molecule has 2 saturated carbocycles. The van der Waals surface area contributed by atoms with Gasteiger partial charge in [0.15, 0.2) is 0 Å². The first-order chi connectivity index (χ1) is 9.06. The van der Waals surface area contributed by atoms with Crippen LogP contribution in [0.25, 0.3) is 0 Å². The topological polar surface area (TPSA) is 46.2 Å². The molecule has 0 amide bonds. The summed E-state index contributed by atoms with van der Waals surface area (Å²) in [6, 6.07) is 4.35. The van der Waals surface area contributed by atoms with Gasteiger partial charge in [-0.2, -0.15) is 0 Å². The van der Waals surface area contributed by atoms with Crippen LogP contribution in [0.1, 0.15) is 37.4 Å². The predicted octanol–water partition coefficient (Wildman–Crippen LogP) is 3.28. The summed E-state index contributed by atoms with van der Waals surface area (Å²) in [6.45, 7) is 0.404. The lowest BCUT2D eigenvalue weighted by Gasteiger charge is -2.41. The summed E-state index contributed by atoms with van der Waals surface area (Å²) in [5.41, 5.74) is 5.90. The normalized spacial score (nSPS) is 34.7. The first kappa shape index (κ1) is 13.3. The van der Waals surface area contributed by atoms with Crippen LogP contribution in [0.15, 0.2) is 18.2 Å². The zero-order valence-corrected chi connectivity index (χ0v) is 11.5. The summed E-state index contributed by atoms with van der Waals surface area (Å²) < 4.78 is 14.0. The summed E-state index contributed by atoms with van der Waals surface area (Å²) in [4.78, 5) is 0. The minimum absolute atomic E-state index is 0.297. The lowest BCUT2D eigenvalue weighted by molar-refractivity contribution is -0.0151. The number of benzene rings is 1. The van der Waals surface area contributed by atoms with Crippen LogP contribution < -0.4 is 5.73 Å². The fourth-order valence-electron chi connectivity index (χ4n) is 4.22. The van der Waals surface area contributed by atoms with Crippen molar-refractivity contribution in [3.8, 4) is 0 Å². The molecule has 2 bridgehead atoms. The molecule has 19 heavy (non-hydrogen) atoms. The number of hydrogen-bond acceptors (Lipinski definition) is 2. The van der Waals surface area contributed by atoms with Gasteiger partial charge in [-0.05, 0) is 49.3 Å². The zero-order chi connectivity index (χ0) is 13.6. The second-order valence-electron chi connectivity index (χ2n) is 6.09. The van der Waals surface area contributed by atoms with E-state index in [4.69, 9.17) is 17.3 Å². The first-order valence-corrected chi connectivity index (χ1v) is 7.27. The Morgan fingerprint density at radius 1 is 1.47 bits per heavy atom. The smallest absolute Gasteiger partial charge is 0.129 e. The quantitative estimate of drug-likeness (QED) is 0.894. The number of aliphatic hydroxyl groups excluding tert-OH is 1. The van der Waals surface area contributed by atoms with E-state index in [-0.39, 0.29) is 5.41 Å². The molecule has 1 aromatic carbocycles. The van der Waals surface area contributed by atoms with Crippen LogP contribution in [0.5, 0.6) is 0 Å². The maximum atomic E-state index is 14.0. The average molecular weight is 284 g/mol. The van der Waals surface area contributed by atoms with Crippen LogP contribution in [0.3, 0.4) is 0 Å². The van der Waals surface area contributed by atoms with Crippen LogP contribution in [0.2, 0.25) is 5.02 Å². The molecule has 4 atom stereocenters. The van der Waals surface area contributed by atoms with E-state index < -0.39 is 11.9 Å². The highest BCUT2D eigenvalue weighted by Gasteiger charge is 2.54. The lowest BCUT2D eigenvalue weighted by atomic mass is 9.67. The third-order valence-corrected chi connectivity index (χ3v) is 5.44. The van der Waals surface area contributed by atoms with E-state index in [1.807, 2.05) is 0 Å². The Morgan fingerprint density at radius 3 is 2.84 bits per heavy atom. The van der Waals surface area contributed by atoms with Crippen molar-refractivity contribution in [1.29, 1.82) is 0 Å². The maximum Gasteiger partial charge on any atom is 0.129 e. The van der Waals surface area contributed by atoms with Crippen molar-refractivity contribution in [2.75, 3.05) is 6.54 Å². The predicted molar refractivity (Wildman–Crippen MR) is 73.3 cm³/mol. The van der Waals surface area contributed by atoms with Crippen molar-refractivity contribution in [3.05, 3.63) is 34.6 Å². The molecule has 0 saturated heterocycles. The highest BCUT2D eigenvalue weighted by atomic mass is 35.5. The van der Waals surface area contributed by atoms with Crippen LogP contribution in [-0.4, -0.2) is 11.7 Å². The fourth-order valence-corrected chi connectivity index (χ4v) is 4.40. The molecule has 1 aromatic rings. The van der Waals surface area contributed by atoms with Gasteiger partial charge < -0.3 is 10.8 Å². The number of halogens is 2.